The van der Waals surface area contributed by atoms with Crippen molar-refractivity contribution in [3.63, 3.8) is 0 Å². The molecule has 0 spiro atoms. The number of amides is 2. The van der Waals surface area contributed by atoms with Crippen molar-refractivity contribution in [2.45, 2.75) is 51.2 Å². The molecule has 0 bridgehead atoms. The first-order valence-corrected chi connectivity index (χ1v) is 9.65. The molecule has 2 aliphatic rings. The Labute approximate surface area is 158 Å². The summed E-state index contributed by atoms with van der Waals surface area (Å²) >= 11 is 0. The van der Waals surface area contributed by atoms with Gasteiger partial charge in [-0.05, 0) is 44.9 Å². The van der Waals surface area contributed by atoms with Crippen LogP contribution in [0.25, 0.3) is 11.0 Å². The van der Waals surface area contributed by atoms with E-state index in [0.29, 0.717) is 18.7 Å². The first-order valence-electron chi connectivity index (χ1n) is 9.65. The van der Waals surface area contributed by atoms with Gasteiger partial charge in [0.1, 0.15) is 5.82 Å². The molecule has 2 N–H and O–H groups in total. The maximum absolute atomic E-state index is 13.0. The number of aromatic amines is 1. The maximum atomic E-state index is 13.0. The largest absolute Gasteiger partial charge is 0.362 e. The molecule has 1 saturated heterocycles. The molecule has 1 aromatic carbocycles. The van der Waals surface area contributed by atoms with E-state index in [2.05, 4.69) is 15.3 Å². The van der Waals surface area contributed by atoms with Crippen LogP contribution in [0.15, 0.2) is 18.2 Å². The van der Waals surface area contributed by atoms with Crippen LogP contribution < -0.4 is 5.32 Å². The number of rotatable bonds is 3. The van der Waals surface area contributed by atoms with Gasteiger partial charge in [-0.15, -0.1) is 0 Å². The number of aryl methyl sites for hydroxylation is 1. The Morgan fingerprint density at radius 2 is 2.11 bits per heavy atom. The van der Waals surface area contributed by atoms with Crippen LogP contribution >= 0.6 is 0 Å². The number of nitrogens with zero attached hydrogens (tertiary/aromatic N) is 2. The lowest BCUT2D eigenvalue weighted by Gasteiger charge is -2.39. The monoisotopic (exact) mass is 370 g/mol. The number of nitrogens with one attached hydrogen (secondary N) is 2. The average Bonchev–Trinajstić information content (AvgIpc) is 3.28. The van der Waals surface area contributed by atoms with E-state index in [9.17, 15) is 9.59 Å². The van der Waals surface area contributed by atoms with E-state index >= 15 is 0 Å². The van der Waals surface area contributed by atoms with Gasteiger partial charge < -0.3 is 19.9 Å². The second-order valence-electron chi connectivity index (χ2n) is 7.82. The van der Waals surface area contributed by atoms with E-state index < -0.39 is 5.60 Å². The zero-order valence-corrected chi connectivity index (χ0v) is 15.9. The highest BCUT2D eigenvalue weighted by Crippen LogP contribution is 2.24. The molecular formula is C20H26N4O3. The minimum Gasteiger partial charge on any atom is -0.362 e. The van der Waals surface area contributed by atoms with E-state index in [1.54, 1.807) is 17.9 Å². The van der Waals surface area contributed by atoms with Gasteiger partial charge in [-0.3, -0.25) is 9.59 Å². The number of carbonyl (C=O) groups excluding carboxylic acids is 2. The van der Waals surface area contributed by atoms with E-state index in [1.807, 2.05) is 19.1 Å². The highest BCUT2D eigenvalue weighted by atomic mass is 16.5. The van der Waals surface area contributed by atoms with Crippen molar-refractivity contribution < 1.29 is 14.3 Å². The van der Waals surface area contributed by atoms with Crippen LogP contribution in [0.5, 0.6) is 0 Å². The topological polar surface area (TPSA) is 87.3 Å². The summed E-state index contributed by atoms with van der Waals surface area (Å²) < 4.78 is 5.81. The smallest absolute Gasteiger partial charge is 0.254 e. The molecule has 1 saturated carbocycles. The average molecular weight is 370 g/mol. The van der Waals surface area contributed by atoms with Gasteiger partial charge in [0.05, 0.1) is 24.2 Å². The molecule has 2 fully saturated rings. The number of morpholine rings is 1. The SMILES string of the molecule is Cc1nc2ccc(C(=O)N3CCO[C@](C)(C(=O)NC4CCCC4)C3)cc2[nH]1. The lowest BCUT2D eigenvalue weighted by atomic mass is 10.0. The zero-order chi connectivity index (χ0) is 19.0. The van der Waals surface area contributed by atoms with Crippen molar-refractivity contribution in [3.8, 4) is 0 Å². The summed E-state index contributed by atoms with van der Waals surface area (Å²) in [6.07, 6.45) is 4.35. The molecule has 2 heterocycles. The molecule has 2 amide bonds. The van der Waals surface area contributed by atoms with Crippen molar-refractivity contribution in [2.24, 2.45) is 0 Å². The van der Waals surface area contributed by atoms with Gasteiger partial charge in [0, 0.05) is 18.2 Å². The van der Waals surface area contributed by atoms with Gasteiger partial charge in [-0.2, -0.15) is 0 Å². The molecule has 1 aliphatic heterocycles. The first-order chi connectivity index (χ1) is 12.9. The second-order valence-corrected chi connectivity index (χ2v) is 7.82. The zero-order valence-electron chi connectivity index (χ0n) is 15.9. The normalized spacial score (nSPS) is 23.7. The van der Waals surface area contributed by atoms with E-state index in [4.69, 9.17) is 4.74 Å². The van der Waals surface area contributed by atoms with Crippen molar-refractivity contribution >= 4 is 22.8 Å². The van der Waals surface area contributed by atoms with E-state index in [0.717, 1.165) is 42.5 Å². The molecule has 7 nitrogen and oxygen atoms in total. The Kier molecular flexibility index (Phi) is 4.63. The molecule has 1 aromatic heterocycles. The number of H-pyrrole nitrogens is 1. The standard InChI is InChI=1S/C20H26N4O3/c1-13-21-16-8-7-14(11-17(16)22-13)18(25)24-9-10-27-20(2,12-24)19(26)23-15-5-3-4-6-15/h7-8,11,15H,3-6,9-10,12H2,1-2H3,(H,21,22)(H,23,26)/t20-/m0/s1. The van der Waals surface area contributed by atoms with Gasteiger partial charge in [0.25, 0.3) is 11.8 Å². The third kappa shape index (κ3) is 3.56. The number of benzene rings is 1. The summed E-state index contributed by atoms with van der Waals surface area (Å²) in [5.74, 6) is 0.607. The number of imidazole rings is 1. The fraction of sp³-hybridized carbons (Fsp3) is 0.550. The Morgan fingerprint density at radius 3 is 2.89 bits per heavy atom. The highest BCUT2D eigenvalue weighted by molar-refractivity contribution is 5.98. The predicted octanol–water partition coefficient (Wildman–Crippen LogP) is 2.16. The van der Waals surface area contributed by atoms with Crippen molar-refractivity contribution in [1.82, 2.24) is 20.2 Å². The number of ether oxygens (including phenoxy) is 1. The van der Waals surface area contributed by atoms with Gasteiger partial charge >= 0.3 is 0 Å². The fourth-order valence-electron chi connectivity index (χ4n) is 4.04. The van der Waals surface area contributed by atoms with Crippen molar-refractivity contribution in [3.05, 3.63) is 29.6 Å². The van der Waals surface area contributed by atoms with Crippen molar-refractivity contribution in [1.29, 1.82) is 0 Å². The van der Waals surface area contributed by atoms with Crippen LogP contribution in [0, 0.1) is 6.92 Å². The third-order valence-electron chi connectivity index (χ3n) is 5.58. The van der Waals surface area contributed by atoms with Gasteiger partial charge in [0.2, 0.25) is 0 Å². The van der Waals surface area contributed by atoms with E-state index in [1.165, 1.54) is 0 Å². The quantitative estimate of drug-likeness (QED) is 0.867. The first kappa shape index (κ1) is 18.0. The Balaban J connectivity index is 1.48. The number of hydrogen-bond acceptors (Lipinski definition) is 4. The molecule has 4 rings (SSSR count). The minimum atomic E-state index is -1.01. The molecule has 1 atom stereocenters. The molecule has 1 aliphatic carbocycles. The number of fused-ring (bicyclic) bond motifs is 1. The summed E-state index contributed by atoms with van der Waals surface area (Å²) in [6.45, 7) is 4.75. The van der Waals surface area contributed by atoms with Crippen LogP contribution in [0.2, 0.25) is 0 Å². The third-order valence-corrected chi connectivity index (χ3v) is 5.58. The molecule has 144 valence electrons. The molecule has 7 heteroatoms. The number of carbonyl (C=O) groups is 2. The molecular weight excluding hydrogens is 344 g/mol. The lowest BCUT2D eigenvalue weighted by Crippen LogP contribution is -2.60. The lowest BCUT2D eigenvalue weighted by molar-refractivity contribution is -0.154. The summed E-state index contributed by atoms with van der Waals surface area (Å²) in [7, 11) is 0. The Bertz CT molecular complexity index is 871. The van der Waals surface area contributed by atoms with E-state index in [-0.39, 0.29) is 24.4 Å². The molecule has 0 unspecified atom stereocenters. The van der Waals surface area contributed by atoms with Gasteiger partial charge in [-0.25, -0.2) is 4.98 Å². The van der Waals surface area contributed by atoms with Crippen molar-refractivity contribution in [2.75, 3.05) is 19.7 Å². The highest BCUT2D eigenvalue weighted by Gasteiger charge is 2.41. The van der Waals surface area contributed by atoms with Crippen LogP contribution in [-0.4, -0.2) is 58.0 Å². The van der Waals surface area contributed by atoms with Crippen LogP contribution in [-0.2, 0) is 9.53 Å². The molecule has 0 radical (unpaired) electrons. The minimum absolute atomic E-state index is 0.0904. The van der Waals surface area contributed by atoms with Crippen LogP contribution in [0.3, 0.4) is 0 Å². The number of aromatic nitrogens is 2. The maximum Gasteiger partial charge on any atom is 0.254 e. The van der Waals surface area contributed by atoms with Crippen LogP contribution in [0.1, 0.15) is 48.8 Å². The summed E-state index contributed by atoms with van der Waals surface area (Å²) in [4.78, 5) is 35.0. The summed E-state index contributed by atoms with van der Waals surface area (Å²) in [5, 5.41) is 3.10. The Hall–Kier alpha value is -2.41. The van der Waals surface area contributed by atoms with Gasteiger partial charge in [-0.1, -0.05) is 12.8 Å². The van der Waals surface area contributed by atoms with Crippen LogP contribution in [0.4, 0.5) is 0 Å². The number of hydrogen-bond donors (Lipinski definition) is 2. The summed E-state index contributed by atoms with van der Waals surface area (Å²) in [5.41, 5.74) is 1.26. The second kappa shape index (κ2) is 6.96. The molecule has 27 heavy (non-hydrogen) atoms. The summed E-state index contributed by atoms with van der Waals surface area (Å²) in [6, 6.07) is 5.69. The Morgan fingerprint density at radius 1 is 1.33 bits per heavy atom. The fourth-order valence-corrected chi connectivity index (χ4v) is 4.04. The predicted molar refractivity (Wildman–Crippen MR) is 101 cm³/mol. The van der Waals surface area contributed by atoms with Gasteiger partial charge in [0.15, 0.2) is 5.60 Å². The molecule has 2 aromatic rings.